The summed E-state index contributed by atoms with van der Waals surface area (Å²) in [4.78, 5) is 36.9. The summed E-state index contributed by atoms with van der Waals surface area (Å²) in [6, 6.07) is 10.7. The molecule has 38 heavy (non-hydrogen) atoms. The Morgan fingerprint density at radius 3 is 2.76 bits per heavy atom. The maximum atomic E-state index is 13.3. The summed E-state index contributed by atoms with van der Waals surface area (Å²) in [5.74, 6) is -0.176. The molecule has 0 spiro atoms. The maximum absolute atomic E-state index is 13.3. The van der Waals surface area contributed by atoms with Crippen LogP contribution in [0.5, 0.6) is 0 Å². The van der Waals surface area contributed by atoms with Gasteiger partial charge in [0, 0.05) is 18.5 Å². The number of hydrogen-bond donors (Lipinski definition) is 1. The Hall–Kier alpha value is -4.67. The Labute approximate surface area is 217 Å². The predicted molar refractivity (Wildman–Crippen MR) is 137 cm³/mol. The van der Waals surface area contributed by atoms with E-state index in [1.807, 2.05) is 18.2 Å². The van der Waals surface area contributed by atoms with Crippen LogP contribution in [0.4, 0.5) is 11.4 Å². The lowest BCUT2D eigenvalue weighted by atomic mass is 9.79. The summed E-state index contributed by atoms with van der Waals surface area (Å²) >= 11 is 0. The number of ether oxygens (including phenoxy) is 1. The number of allylic oxidation sites excluding steroid dienone is 1. The number of nitro groups is 1. The average Bonchev–Trinajstić information content (AvgIpc) is 3.68. The van der Waals surface area contributed by atoms with Crippen LogP contribution in [0.1, 0.15) is 54.1 Å². The zero-order valence-corrected chi connectivity index (χ0v) is 20.7. The number of furan rings is 2. The van der Waals surface area contributed by atoms with Crippen molar-refractivity contribution in [2.24, 2.45) is 11.0 Å². The number of nitrogens with zero attached hydrogens (tertiary/aromatic N) is 3. The highest BCUT2D eigenvalue weighted by Gasteiger charge is 2.45. The van der Waals surface area contributed by atoms with Crippen LogP contribution in [-0.4, -0.2) is 40.7 Å². The highest BCUT2D eigenvalue weighted by Crippen LogP contribution is 2.44. The van der Waals surface area contributed by atoms with E-state index in [1.54, 1.807) is 31.6 Å². The van der Waals surface area contributed by atoms with E-state index < -0.39 is 29.4 Å². The number of anilines is 1. The molecule has 2 unspecified atom stereocenters. The molecule has 1 saturated carbocycles. The van der Waals surface area contributed by atoms with Crippen LogP contribution < -0.4 is 5.32 Å². The third kappa shape index (κ3) is 4.95. The summed E-state index contributed by atoms with van der Waals surface area (Å²) in [6.07, 6.45) is 7.59. The van der Waals surface area contributed by atoms with Gasteiger partial charge in [0.2, 0.25) is 0 Å². The first-order valence-electron chi connectivity index (χ1n) is 12.3. The lowest BCUT2D eigenvalue weighted by molar-refractivity contribution is -0.384. The number of nitro benzene ring substituents is 1. The minimum absolute atomic E-state index is 0.0289. The molecule has 3 heterocycles. The number of hydrazone groups is 1. The Morgan fingerprint density at radius 2 is 2.05 bits per heavy atom. The number of fused-ring (bicyclic) bond motifs is 1. The Balaban J connectivity index is 1.36. The fourth-order valence-electron chi connectivity index (χ4n) is 4.92. The van der Waals surface area contributed by atoms with Gasteiger partial charge in [-0.2, -0.15) is 5.10 Å². The zero-order valence-electron chi connectivity index (χ0n) is 20.7. The molecule has 0 radical (unpaired) electrons. The van der Waals surface area contributed by atoms with Gasteiger partial charge in [-0.3, -0.25) is 14.9 Å². The third-order valence-electron chi connectivity index (χ3n) is 6.58. The van der Waals surface area contributed by atoms with Gasteiger partial charge in [-0.25, -0.2) is 9.80 Å². The van der Waals surface area contributed by atoms with Crippen LogP contribution in [-0.2, 0) is 9.53 Å². The molecule has 0 saturated heterocycles. The summed E-state index contributed by atoms with van der Waals surface area (Å²) in [5.41, 5.74) is 1.77. The van der Waals surface area contributed by atoms with E-state index in [1.165, 1.54) is 17.1 Å². The van der Waals surface area contributed by atoms with Gasteiger partial charge in [0.1, 0.15) is 23.2 Å². The number of hydrogen-bond acceptors (Lipinski definition) is 9. The average molecular weight is 519 g/mol. The molecular formula is C27H26N4O7. The Kier molecular flexibility index (Phi) is 7.07. The number of carbonyl (C=O) groups excluding carboxylic acids is 2. The van der Waals surface area contributed by atoms with Gasteiger partial charge < -0.3 is 18.9 Å². The van der Waals surface area contributed by atoms with Crippen molar-refractivity contribution in [1.29, 1.82) is 0 Å². The number of carbonyl (C=O) groups is 2. The monoisotopic (exact) mass is 518 g/mol. The van der Waals surface area contributed by atoms with Crippen molar-refractivity contribution in [3.05, 3.63) is 87.8 Å². The molecule has 1 aromatic carbocycles. The molecule has 1 aliphatic heterocycles. The first-order valence-corrected chi connectivity index (χ1v) is 12.3. The molecule has 11 heteroatoms. The van der Waals surface area contributed by atoms with Gasteiger partial charge in [-0.15, -0.1) is 0 Å². The molecule has 1 aliphatic carbocycles. The first kappa shape index (κ1) is 25.0. The van der Waals surface area contributed by atoms with Crippen molar-refractivity contribution in [2.45, 2.75) is 32.2 Å². The predicted octanol–water partition coefficient (Wildman–Crippen LogP) is 5.19. The molecule has 1 amide bonds. The topological polar surface area (TPSA) is 140 Å². The van der Waals surface area contributed by atoms with Crippen LogP contribution in [0, 0.1) is 16.0 Å². The van der Waals surface area contributed by atoms with Crippen molar-refractivity contribution in [2.75, 3.05) is 18.5 Å². The quantitative estimate of drug-likeness (QED) is 0.244. The van der Waals surface area contributed by atoms with E-state index in [4.69, 9.17) is 13.6 Å². The summed E-state index contributed by atoms with van der Waals surface area (Å²) in [5, 5.41) is 20.3. The highest BCUT2D eigenvalue weighted by atomic mass is 16.6. The van der Waals surface area contributed by atoms with Gasteiger partial charge in [-0.1, -0.05) is 0 Å². The van der Waals surface area contributed by atoms with E-state index in [2.05, 4.69) is 10.4 Å². The fraction of sp³-hybridized carbons (Fsp3) is 0.296. The lowest BCUT2D eigenvalue weighted by Crippen LogP contribution is -2.34. The number of rotatable bonds is 8. The highest BCUT2D eigenvalue weighted by molar-refractivity contribution is 6.08. The summed E-state index contributed by atoms with van der Waals surface area (Å²) < 4.78 is 16.4. The van der Waals surface area contributed by atoms with Crippen LogP contribution in [0.3, 0.4) is 0 Å². The maximum Gasteiger partial charge on any atom is 0.338 e. The normalized spacial score (nSPS) is 19.7. The van der Waals surface area contributed by atoms with E-state index in [9.17, 15) is 19.7 Å². The lowest BCUT2D eigenvalue weighted by Gasteiger charge is -2.27. The van der Waals surface area contributed by atoms with Crippen molar-refractivity contribution >= 4 is 35.0 Å². The Bertz CT molecular complexity index is 1390. The molecule has 1 fully saturated rings. The standard InChI is InChI=1S/C27H26N4O7/c1-2-28-21-11-10-18(15-22(21)31(34)35)27(33)38-16-24(32)30-26(23-9-5-13-37-23)20-8-3-6-17(25(20)29-30)14-19-7-4-12-36-19/h4-5,7,9-15,20,26,28H,2-3,6,8,16H2,1H3. The number of nitrogens with one attached hydrogen (secondary N) is 1. The van der Waals surface area contributed by atoms with Gasteiger partial charge in [0.05, 0.1) is 28.7 Å². The molecule has 0 bridgehead atoms. The first-order chi connectivity index (χ1) is 18.5. The van der Waals surface area contributed by atoms with Crippen molar-refractivity contribution in [1.82, 2.24) is 5.01 Å². The molecule has 1 N–H and O–H groups in total. The summed E-state index contributed by atoms with van der Waals surface area (Å²) in [7, 11) is 0. The summed E-state index contributed by atoms with van der Waals surface area (Å²) in [6.45, 7) is 1.70. The molecule has 11 nitrogen and oxygen atoms in total. The molecular weight excluding hydrogens is 492 g/mol. The van der Waals surface area contributed by atoms with Gasteiger partial charge >= 0.3 is 5.97 Å². The molecule has 2 aromatic heterocycles. The van der Waals surface area contributed by atoms with Gasteiger partial charge in [-0.05, 0) is 74.2 Å². The number of benzene rings is 1. The minimum atomic E-state index is -0.846. The van der Waals surface area contributed by atoms with Crippen LogP contribution in [0.25, 0.3) is 6.08 Å². The second kappa shape index (κ2) is 10.8. The SMILES string of the molecule is CCNc1ccc(C(=O)OCC(=O)N2N=C3C(=Cc4ccco4)CCCC3C2c2ccco2)cc1[N+](=O)[O-]. The molecule has 2 atom stereocenters. The minimum Gasteiger partial charge on any atom is -0.467 e. The number of esters is 1. The molecule has 3 aromatic rings. The second-order valence-corrected chi connectivity index (χ2v) is 8.96. The zero-order chi connectivity index (χ0) is 26.6. The number of amides is 1. The van der Waals surface area contributed by atoms with E-state index in [0.29, 0.717) is 23.8 Å². The molecule has 5 rings (SSSR count). The smallest absolute Gasteiger partial charge is 0.338 e. The van der Waals surface area contributed by atoms with E-state index in [0.717, 1.165) is 36.6 Å². The third-order valence-corrected chi connectivity index (χ3v) is 6.58. The molecule has 2 aliphatic rings. The van der Waals surface area contributed by atoms with Crippen LogP contribution >= 0.6 is 0 Å². The second-order valence-electron chi connectivity index (χ2n) is 8.96. The van der Waals surface area contributed by atoms with Crippen molar-refractivity contribution < 1.29 is 28.1 Å². The van der Waals surface area contributed by atoms with Crippen LogP contribution in [0.15, 0.2) is 74.5 Å². The van der Waals surface area contributed by atoms with Crippen LogP contribution in [0.2, 0.25) is 0 Å². The molecule has 196 valence electrons. The fourth-order valence-corrected chi connectivity index (χ4v) is 4.92. The van der Waals surface area contributed by atoms with Gasteiger partial charge in [0.25, 0.3) is 11.6 Å². The largest absolute Gasteiger partial charge is 0.467 e. The van der Waals surface area contributed by atoms with Gasteiger partial charge in [0.15, 0.2) is 6.61 Å². The Morgan fingerprint density at radius 1 is 1.24 bits per heavy atom. The van der Waals surface area contributed by atoms with Crippen molar-refractivity contribution in [3.63, 3.8) is 0 Å². The van der Waals surface area contributed by atoms with E-state index >= 15 is 0 Å². The van der Waals surface area contributed by atoms with Crippen molar-refractivity contribution in [3.8, 4) is 0 Å². The van der Waals surface area contributed by atoms with E-state index in [-0.39, 0.29) is 17.2 Å².